The molecule has 2 heteroatoms. The molecule has 0 heterocycles. The Morgan fingerprint density at radius 2 is 1.91 bits per heavy atom. The maximum atomic E-state index is 12.3. The van der Waals surface area contributed by atoms with Gasteiger partial charge in [0.05, 0.1) is 0 Å². The van der Waals surface area contributed by atoms with Gasteiger partial charge in [0, 0.05) is 17.8 Å². The standard InChI is InChI=1S/C20H26O2/c1-11-8-18(22)16-6-7-17-15(19(11)16)5-4-13-10-14(21)9-12(2)20(13,17)3/h9-11,15-17,19H,4-8H2,1-3H3. The van der Waals surface area contributed by atoms with Gasteiger partial charge in [0.1, 0.15) is 5.78 Å². The second kappa shape index (κ2) is 4.66. The van der Waals surface area contributed by atoms with Gasteiger partial charge < -0.3 is 0 Å². The van der Waals surface area contributed by atoms with E-state index in [0.29, 0.717) is 35.4 Å². The molecule has 3 saturated carbocycles. The third kappa shape index (κ3) is 1.73. The summed E-state index contributed by atoms with van der Waals surface area (Å²) >= 11 is 0. The van der Waals surface area contributed by atoms with E-state index in [9.17, 15) is 9.59 Å². The second-order valence-corrected chi connectivity index (χ2v) is 8.32. The molecule has 4 aliphatic rings. The van der Waals surface area contributed by atoms with Gasteiger partial charge in [-0.25, -0.2) is 0 Å². The van der Waals surface area contributed by atoms with E-state index in [0.717, 1.165) is 25.7 Å². The molecule has 0 spiro atoms. The molecule has 4 rings (SSSR count). The third-order valence-electron chi connectivity index (χ3n) is 7.51. The van der Waals surface area contributed by atoms with Crippen LogP contribution >= 0.6 is 0 Å². The molecule has 0 saturated heterocycles. The molecule has 0 aliphatic heterocycles. The predicted molar refractivity (Wildman–Crippen MR) is 86.2 cm³/mol. The summed E-state index contributed by atoms with van der Waals surface area (Å²) in [5.41, 5.74) is 2.67. The quantitative estimate of drug-likeness (QED) is 0.674. The van der Waals surface area contributed by atoms with Gasteiger partial charge in [-0.1, -0.05) is 25.0 Å². The van der Waals surface area contributed by atoms with Crippen molar-refractivity contribution in [3.8, 4) is 0 Å². The van der Waals surface area contributed by atoms with E-state index in [2.05, 4.69) is 20.8 Å². The van der Waals surface area contributed by atoms with E-state index in [1.807, 2.05) is 12.2 Å². The highest BCUT2D eigenvalue weighted by Crippen LogP contribution is 2.62. The van der Waals surface area contributed by atoms with Crippen molar-refractivity contribution in [1.82, 2.24) is 0 Å². The number of Topliss-reactive ketones (excluding diaryl/α,β-unsaturated/α-hetero) is 1. The van der Waals surface area contributed by atoms with Crippen molar-refractivity contribution in [2.75, 3.05) is 0 Å². The zero-order valence-electron chi connectivity index (χ0n) is 13.9. The Hall–Kier alpha value is -1.18. The molecule has 0 bridgehead atoms. The lowest BCUT2D eigenvalue weighted by atomic mass is 9.49. The van der Waals surface area contributed by atoms with Crippen LogP contribution in [0.25, 0.3) is 0 Å². The Kier molecular flexibility index (Phi) is 3.05. The predicted octanol–water partition coefficient (Wildman–Crippen LogP) is 4.11. The van der Waals surface area contributed by atoms with Crippen molar-refractivity contribution >= 4 is 11.6 Å². The Morgan fingerprint density at radius 1 is 1.14 bits per heavy atom. The molecule has 0 amide bonds. The molecule has 118 valence electrons. The summed E-state index contributed by atoms with van der Waals surface area (Å²) in [6, 6.07) is 0. The first-order valence-corrected chi connectivity index (χ1v) is 8.89. The number of hydrogen-bond acceptors (Lipinski definition) is 2. The zero-order valence-corrected chi connectivity index (χ0v) is 13.9. The maximum absolute atomic E-state index is 12.3. The van der Waals surface area contributed by atoms with Crippen molar-refractivity contribution in [3.63, 3.8) is 0 Å². The van der Waals surface area contributed by atoms with E-state index in [1.165, 1.54) is 17.6 Å². The summed E-state index contributed by atoms with van der Waals surface area (Å²) in [6.45, 7) is 6.78. The van der Waals surface area contributed by atoms with Crippen LogP contribution < -0.4 is 0 Å². The first-order valence-electron chi connectivity index (χ1n) is 8.89. The fraction of sp³-hybridized carbons (Fsp3) is 0.700. The van der Waals surface area contributed by atoms with Gasteiger partial charge in [0.25, 0.3) is 0 Å². The van der Waals surface area contributed by atoms with E-state index >= 15 is 0 Å². The van der Waals surface area contributed by atoms with Crippen molar-refractivity contribution in [2.45, 2.75) is 52.9 Å². The van der Waals surface area contributed by atoms with Crippen LogP contribution in [-0.2, 0) is 9.59 Å². The SMILES string of the molecule is CC1=CC(=O)C=C2CCC3C4C(C)CC(=O)C4CCC3C12C. The minimum absolute atomic E-state index is 0.0627. The molecule has 6 unspecified atom stereocenters. The molecular formula is C20H26O2. The Bertz CT molecular complexity index is 611. The molecule has 0 N–H and O–H groups in total. The summed E-state index contributed by atoms with van der Waals surface area (Å²) in [4.78, 5) is 24.2. The lowest BCUT2D eigenvalue weighted by Crippen LogP contribution is -2.48. The molecule has 22 heavy (non-hydrogen) atoms. The average Bonchev–Trinajstić information content (AvgIpc) is 2.76. The highest BCUT2D eigenvalue weighted by atomic mass is 16.1. The molecule has 0 aromatic carbocycles. The largest absolute Gasteiger partial charge is 0.299 e. The Balaban J connectivity index is 1.74. The zero-order chi connectivity index (χ0) is 15.6. The molecule has 0 aromatic rings. The van der Waals surface area contributed by atoms with Gasteiger partial charge in [-0.2, -0.15) is 0 Å². The number of fused-ring (bicyclic) bond motifs is 5. The Labute approximate surface area is 133 Å². The van der Waals surface area contributed by atoms with E-state index in [-0.39, 0.29) is 11.2 Å². The normalized spacial score (nSPS) is 47.3. The van der Waals surface area contributed by atoms with Crippen molar-refractivity contribution < 1.29 is 9.59 Å². The number of rotatable bonds is 0. The molecule has 0 radical (unpaired) electrons. The smallest absolute Gasteiger partial charge is 0.178 e. The van der Waals surface area contributed by atoms with Crippen LogP contribution in [0, 0.1) is 35.0 Å². The van der Waals surface area contributed by atoms with Crippen molar-refractivity contribution in [3.05, 3.63) is 23.3 Å². The first-order chi connectivity index (χ1) is 10.4. The fourth-order valence-electron chi connectivity index (χ4n) is 6.41. The van der Waals surface area contributed by atoms with Gasteiger partial charge in [0.15, 0.2) is 5.78 Å². The summed E-state index contributed by atoms with van der Waals surface area (Å²) in [6.07, 6.45) is 8.98. The van der Waals surface area contributed by atoms with Crippen LogP contribution in [-0.4, -0.2) is 11.6 Å². The maximum Gasteiger partial charge on any atom is 0.178 e. The van der Waals surface area contributed by atoms with Crippen molar-refractivity contribution in [2.24, 2.45) is 35.0 Å². The van der Waals surface area contributed by atoms with Gasteiger partial charge in [0.2, 0.25) is 0 Å². The minimum Gasteiger partial charge on any atom is -0.299 e. The summed E-state index contributed by atoms with van der Waals surface area (Å²) in [5.74, 6) is 3.45. The van der Waals surface area contributed by atoms with Crippen molar-refractivity contribution in [1.29, 1.82) is 0 Å². The Morgan fingerprint density at radius 3 is 2.68 bits per heavy atom. The first kappa shape index (κ1) is 14.4. The van der Waals surface area contributed by atoms with Crippen LogP contribution in [0.2, 0.25) is 0 Å². The number of ketones is 2. The lowest BCUT2D eigenvalue weighted by Gasteiger charge is -2.55. The summed E-state index contributed by atoms with van der Waals surface area (Å²) in [7, 11) is 0. The van der Waals surface area contributed by atoms with E-state index < -0.39 is 0 Å². The number of hydrogen-bond donors (Lipinski definition) is 0. The monoisotopic (exact) mass is 298 g/mol. The average molecular weight is 298 g/mol. The van der Waals surface area contributed by atoms with Gasteiger partial charge in [-0.3, -0.25) is 9.59 Å². The van der Waals surface area contributed by atoms with Crippen LogP contribution in [0.5, 0.6) is 0 Å². The van der Waals surface area contributed by atoms with Crippen LogP contribution in [0.1, 0.15) is 52.9 Å². The summed E-state index contributed by atoms with van der Waals surface area (Å²) in [5, 5.41) is 0. The third-order valence-corrected chi connectivity index (χ3v) is 7.51. The van der Waals surface area contributed by atoms with E-state index in [1.54, 1.807) is 0 Å². The molecule has 3 fully saturated rings. The van der Waals surface area contributed by atoms with Crippen LogP contribution in [0.3, 0.4) is 0 Å². The fourth-order valence-corrected chi connectivity index (χ4v) is 6.41. The molecule has 2 nitrogen and oxygen atoms in total. The minimum atomic E-state index is 0.0627. The molecular weight excluding hydrogens is 272 g/mol. The highest BCUT2D eigenvalue weighted by Gasteiger charge is 2.56. The van der Waals surface area contributed by atoms with Gasteiger partial charge >= 0.3 is 0 Å². The molecule has 4 aliphatic carbocycles. The lowest BCUT2D eigenvalue weighted by molar-refractivity contribution is -0.123. The van der Waals surface area contributed by atoms with Gasteiger partial charge in [-0.05, 0) is 68.4 Å². The second-order valence-electron chi connectivity index (χ2n) is 8.32. The number of allylic oxidation sites excluding steroid dienone is 4. The van der Waals surface area contributed by atoms with Crippen LogP contribution in [0.15, 0.2) is 23.3 Å². The van der Waals surface area contributed by atoms with Gasteiger partial charge in [-0.15, -0.1) is 0 Å². The number of carbonyl (C=O) groups excluding carboxylic acids is 2. The molecule has 0 aromatic heterocycles. The number of carbonyl (C=O) groups is 2. The highest BCUT2D eigenvalue weighted by molar-refractivity contribution is 6.02. The summed E-state index contributed by atoms with van der Waals surface area (Å²) < 4.78 is 0. The van der Waals surface area contributed by atoms with E-state index in [4.69, 9.17) is 0 Å². The van der Waals surface area contributed by atoms with Crippen LogP contribution in [0.4, 0.5) is 0 Å². The molecule has 6 atom stereocenters. The topological polar surface area (TPSA) is 34.1 Å².